The molecule has 0 bridgehead atoms. The smallest absolute Gasteiger partial charge is 0.294 e. The molecule has 0 saturated heterocycles. The molecule has 11 nitrogen and oxygen atoms in total. The van der Waals surface area contributed by atoms with Crippen LogP contribution in [0.4, 0.5) is 28.7 Å². The first kappa shape index (κ1) is 21.1. The Hall–Kier alpha value is -4.10. The lowest BCUT2D eigenvalue weighted by atomic mass is 10.1. The number of nitrogens with zero attached hydrogens (tertiary/aromatic N) is 5. The Kier molecular flexibility index (Phi) is 5.42. The number of azo groups is 1. The second kappa shape index (κ2) is 8.21. The van der Waals surface area contributed by atoms with Gasteiger partial charge in [0.05, 0.1) is 27.4 Å². The van der Waals surface area contributed by atoms with Gasteiger partial charge >= 0.3 is 0 Å². The van der Waals surface area contributed by atoms with E-state index in [9.17, 15) is 18.1 Å². The van der Waals surface area contributed by atoms with Crippen molar-refractivity contribution >= 4 is 63.2 Å². The number of fused-ring (bicyclic) bond motifs is 1. The van der Waals surface area contributed by atoms with Crippen LogP contribution in [0.25, 0.3) is 10.8 Å². The minimum atomic E-state index is -4.49. The van der Waals surface area contributed by atoms with Gasteiger partial charge in [-0.2, -0.15) is 13.5 Å². The number of aromatic hydroxyl groups is 1. The van der Waals surface area contributed by atoms with E-state index in [2.05, 4.69) is 30.5 Å². The van der Waals surface area contributed by atoms with Gasteiger partial charge in [0.25, 0.3) is 10.1 Å². The summed E-state index contributed by atoms with van der Waals surface area (Å²) in [6.45, 7) is 0. The fourth-order valence-corrected chi connectivity index (χ4v) is 3.42. The number of nitrogen functional groups attached to an aromatic ring is 1. The number of nitrogens with two attached hydrogens (primary N) is 1. The maximum Gasteiger partial charge on any atom is 0.294 e. The number of anilines is 3. The van der Waals surface area contributed by atoms with E-state index < -0.39 is 20.8 Å². The van der Waals surface area contributed by atoms with Crippen molar-refractivity contribution in [1.29, 1.82) is 0 Å². The van der Waals surface area contributed by atoms with Crippen LogP contribution in [0, 0.1) is 0 Å². The Morgan fingerprint density at radius 3 is 2.47 bits per heavy atom. The van der Waals surface area contributed by atoms with Crippen molar-refractivity contribution in [2.75, 3.05) is 11.1 Å². The fraction of sp³-hybridized carbons (Fsp3) is 0. The lowest BCUT2D eigenvalue weighted by molar-refractivity contribution is 0.471. The van der Waals surface area contributed by atoms with E-state index >= 15 is 0 Å². The van der Waals surface area contributed by atoms with Gasteiger partial charge in [0, 0.05) is 11.8 Å². The zero-order valence-corrected chi connectivity index (χ0v) is 17.0. The van der Waals surface area contributed by atoms with Crippen molar-refractivity contribution in [3.63, 3.8) is 0 Å². The van der Waals surface area contributed by atoms with Crippen LogP contribution in [-0.4, -0.2) is 40.9 Å². The van der Waals surface area contributed by atoms with Gasteiger partial charge in [0.2, 0.25) is 5.95 Å². The van der Waals surface area contributed by atoms with Gasteiger partial charge in [-0.1, -0.05) is 6.07 Å². The molecule has 0 aliphatic heterocycles. The summed E-state index contributed by atoms with van der Waals surface area (Å²) in [6.07, 6.45) is 1.29. The van der Waals surface area contributed by atoms with Crippen LogP contribution in [0.2, 0.25) is 0 Å². The molecule has 0 spiro atoms. The van der Waals surface area contributed by atoms with Gasteiger partial charge in [-0.3, -0.25) is 4.55 Å². The van der Waals surface area contributed by atoms with E-state index in [1.54, 1.807) is 24.3 Å². The topological polar surface area (TPSA) is 176 Å². The lowest BCUT2D eigenvalue weighted by Gasteiger charge is -2.09. The molecular weight excluding hydrogens is 433 g/mol. The fourth-order valence-electron chi connectivity index (χ4n) is 2.89. The lowest BCUT2D eigenvalue weighted by Crippen LogP contribution is -2.15. The van der Waals surface area contributed by atoms with Crippen molar-refractivity contribution in [3.8, 4) is 5.75 Å². The van der Waals surface area contributed by atoms with Crippen molar-refractivity contribution in [2.45, 2.75) is 4.90 Å². The number of nitrogens with one attached hydrogen (secondary N) is 1. The molecule has 158 valence electrons. The average Bonchev–Trinajstić information content (AvgIpc) is 2.73. The molecule has 0 saturated carbocycles. The van der Waals surface area contributed by atoms with Crippen molar-refractivity contribution in [3.05, 3.63) is 54.9 Å². The molecule has 0 atom stereocenters. The van der Waals surface area contributed by atoms with E-state index in [0.29, 0.717) is 16.8 Å². The zero-order chi connectivity index (χ0) is 22.9. The molecule has 0 aliphatic rings. The van der Waals surface area contributed by atoms with E-state index in [-0.39, 0.29) is 28.4 Å². The van der Waals surface area contributed by atoms with Gasteiger partial charge in [-0.15, -0.1) is 5.11 Å². The second-order valence-corrected chi connectivity index (χ2v) is 7.98. The molecule has 1 aromatic heterocycles. The van der Waals surface area contributed by atoms with E-state index in [4.69, 9.17) is 13.6 Å². The standard InChI is InChI=1S/C19H14BN7O4S/c20-18-22-9-23-19(25-18)24-11-2-4-12(5-3-11)26-27-17-14(21)6-1-10-7-13(32(29,30)31)8-15(28)16(10)17/h1-9,28H,21H2,(H,29,30,31)(H,22,23,24,25). The Bertz CT molecular complexity index is 1460. The summed E-state index contributed by atoms with van der Waals surface area (Å²) in [6, 6.07) is 11.9. The molecule has 0 amide bonds. The largest absolute Gasteiger partial charge is 0.507 e. The van der Waals surface area contributed by atoms with Crippen LogP contribution in [0.1, 0.15) is 0 Å². The third kappa shape index (κ3) is 4.48. The minimum absolute atomic E-state index is 0.0903. The molecule has 5 N–H and O–H groups in total. The van der Waals surface area contributed by atoms with Gasteiger partial charge in [0.1, 0.15) is 17.8 Å². The number of rotatable bonds is 5. The molecule has 3 aromatic carbocycles. The predicted octanol–water partition coefficient (Wildman–Crippen LogP) is 2.51. The monoisotopic (exact) mass is 447 g/mol. The highest BCUT2D eigenvalue weighted by molar-refractivity contribution is 7.85. The molecule has 13 heteroatoms. The molecule has 0 fully saturated rings. The number of aromatic nitrogens is 3. The van der Waals surface area contributed by atoms with Crippen LogP contribution in [0.5, 0.6) is 5.75 Å². The van der Waals surface area contributed by atoms with E-state index in [1.807, 2.05) is 0 Å². The number of hydrogen-bond donors (Lipinski definition) is 4. The van der Waals surface area contributed by atoms with Crippen LogP contribution < -0.4 is 16.8 Å². The van der Waals surface area contributed by atoms with Crippen LogP contribution in [0.3, 0.4) is 0 Å². The van der Waals surface area contributed by atoms with Crippen LogP contribution in [-0.2, 0) is 10.1 Å². The summed E-state index contributed by atoms with van der Waals surface area (Å²) in [7, 11) is 1.03. The van der Waals surface area contributed by atoms with Gasteiger partial charge in [-0.05, 0) is 41.8 Å². The first-order chi connectivity index (χ1) is 15.2. The van der Waals surface area contributed by atoms with Crippen molar-refractivity contribution in [1.82, 2.24) is 15.0 Å². The van der Waals surface area contributed by atoms with E-state index in [0.717, 1.165) is 6.07 Å². The summed E-state index contributed by atoms with van der Waals surface area (Å²) >= 11 is 0. The summed E-state index contributed by atoms with van der Waals surface area (Å²) < 4.78 is 32.1. The third-order valence-electron chi connectivity index (χ3n) is 4.35. The highest BCUT2D eigenvalue weighted by Crippen LogP contribution is 2.40. The first-order valence-corrected chi connectivity index (χ1v) is 10.4. The maximum atomic E-state index is 11.4. The van der Waals surface area contributed by atoms with Crippen LogP contribution in [0.15, 0.2) is 70.0 Å². The first-order valence-electron chi connectivity index (χ1n) is 8.97. The third-order valence-corrected chi connectivity index (χ3v) is 5.18. The second-order valence-electron chi connectivity index (χ2n) is 6.56. The molecular formula is C19H14BN7O4S. The number of hydrogen-bond acceptors (Lipinski definition) is 10. The summed E-state index contributed by atoms with van der Waals surface area (Å²) in [5, 5.41) is 22.1. The number of phenols is 1. The molecule has 1 heterocycles. The normalized spacial score (nSPS) is 11.8. The highest BCUT2D eigenvalue weighted by atomic mass is 32.2. The number of phenolic OH excluding ortho intramolecular Hbond substituents is 1. The number of benzene rings is 3. The Morgan fingerprint density at radius 2 is 1.78 bits per heavy atom. The Labute approximate surface area is 183 Å². The van der Waals surface area contributed by atoms with Crippen LogP contribution >= 0.6 is 0 Å². The highest BCUT2D eigenvalue weighted by Gasteiger charge is 2.16. The molecule has 0 aliphatic carbocycles. The molecule has 0 unspecified atom stereocenters. The quantitative estimate of drug-likeness (QED) is 0.155. The molecule has 4 rings (SSSR count). The van der Waals surface area contributed by atoms with E-state index in [1.165, 1.54) is 24.5 Å². The molecule has 4 aromatic rings. The minimum Gasteiger partial charge on any atom is -0.507 e. The average molecular weight is 447 g/mol. The Balaban J connectivity index is 1.64. The molecule has 2 radical (unpaired) electrons. The zero-order valence-electron chi connectivity index (χ0n) is 16.2. The van der Waals surface area contributed by atoms with Crippen molar-refractivity contribution < 1.29 is 18.1 Å². The van der Waals surface area contributed by atoms with Gasteiger partial charge in [0.15, 0.2) is 7.85 Å². The maximum absolute atomic E-state index is 11.4. The summed E-state index contributed by atoms with van der Waals surface area (Å²) in [5.41, 5.74) is 7.62. The predicted molar refractivity (Wildman–Crippen MR) is 119 cm³/mol. The van der Waals surface area contributed by atoms with Crippen molar-refractivity contribution in [2.24, 2.45) is 10.2 Å². The Morgan fingerprint density at radius 1 is 1.03 bits per heavy atom. The SMILES string of the molecule is [B]c1ncnc(Nc2ccc(N=Nc3c(N)ccc4cc(S(=O)(=O)O)cc(O)c34)cc2)n1. The van der Waals surface area contributed by atoms with Gasteiger partial charge < -0.3 is 16.2 Å². The molecule has 32 heavy (non-hydrogen) atoms. The summed E-state index contributed by atoms with van der Waals surface area (Å²) in [5.74, 6) is -0.123. The van der Waals surface area contributed by atoms with Gasteiger partial charge in [-0.25, -0.2) is 15.0 Å². The summed E-state index contributed by atoms with van der Waals surface area (Å²) in [4.78, 5) is 11.2.